The van der Waals surface area contributed by atoms with Gasteiger partial charge < -0.3 is 15.0 Å². The van der Waals surface area contributed by atoms with Crippen molar-refractivity contribution in [3.05, 3.63) is 29.8 Å². The molecule has 1 aliphatic heterocycles. The lowest BCUT2D eigenvalue weighted by Gasteiger charge is -2.34. The van der Waals surface area contributed by atoms with Gasteiger partial charge in [-0.05, 0) is 32.8 Å². The number of pyridine rings is 1. The summed E-state index contributed by atoms with van der Waals surface area (Å²) in [5, 5.41) is 13.5. The predicted molar refractivity (Wildman–Crippen MR) is 114 cm³/mol. The molecule has 0 aromatic carbocycles. The van der Waals surface area contributed by atoms with E-state index in [0.29, 0.717) is 23.0 Å². The number of H-pyrrole nitrogens is 1. The van der Waals surface area contributed by atoms with E-state index >= 15 is 0 Å². The highest BCUT2D eigenvalue weighted by atomic mass is 19.4. The van der Waals surface area contributed by atoms with Crippen LogP contribution in [-0.2, 0) is 6.42 Å². The summed E-state index contributed by atoms with van der Waals surface area (Å²) in [7, 11) is 1.43. The number of hydrogen-bond donors (Lipinski definition) is 2. The molecule has 0 spiro atoms. The number of ether oxygens (including phenoxy) is 1. The molecule has 1 amide bonds. The molecule has 0 saturated carbocycles. The zero-order valence-corrected chi connectivity index (χ0v) is 18.6. The monoisotopic (exact) mass is 465 g/mol. The van der Waals surface area contributed by atoms with Crippen LogP contribution < -0.4 is 10.1 Å². The van der Waals surface area contributed by atoms with Crippen LogP contribution in [0.1, 0.15) is 42.7 Å². The summed E-state index contributed by atoms with van der Waals surface area (Å²) in [5.74, 6) is -0.265. The van der Waals surface area contributed by atoms with Crippen molar-refractivity contribution in [2.24, 2.45) is 0 Å². The van der Waals surface area contributed by atoms with Crippen molar-refractivity contribution in [2.45, 2.75) is 51.4 Å². The third-order valence-electron chi connectivity index (χ3n) is 5.90. The van der Waals surface area contributed by atoms with Crippen LogP contribution in [0.3, 0.4) is 0 Å². The van der Waals surface area contributed by atoms with Crippen LogP contribution in [0.25, 0.3) is 16.9 Å². The first-order chi connectivity index (χ1) is 15.7. The molecule has 0 bridgehead atoms. The number of amides is 1. The lowest BCUT2D eigenvalue weighted by molar-refractivity contribution is -0.127. The Morgan fingerprint density at radius 2 is 2.06 bits per heavy atom. The van der Waals surface area contributed by atoms with Crippen LogP contribution in [0, 0.1) is 0 Å². The van der Waals surface area contributed by atoms with E-state index in [2.05, 4.69) is 44.3 Å². The van der Waals surface area contributed by atoms with Crippen LogP contribution in [0.15, 0.2) is 18.6 Å². The third kappa shape index (κ3) is 4.95. The summed E-state index contributed by atoms with van der Waals surface area (Å²) >= 11 is 0. The second-order valence-corrected chi connectivity index (χ2v) is 8.42. The molecule has 4 heterocycles. The minimum Gasteiger partial charge on any atom is -0.493 e. The van der Waals surface area contributed by atoms with Crippen LogP contribution in [0.5, 0.6) is 5.75 Å². The maximum atomic E-state index is 13.5. The molecule has 178 valence electrons. The second kappa shape index (κ2) is 9.00. The van der Waals surface area contributed by atoms with E-state index in [1.54, 1.807) is 0 Å². The first-order valence-electron chi connectivity index (χ1n) is 10.7. The molecule has 12 heteroatoms. The first-order valence-corrected chi connectivity index (χ1v) is 10.7. The number of fused-ring (bicyclic) bond motifs is 1. The Hall–Kier alpha value is -3.15. The van der Waals surface area contributed by atoms with Gasteiger partial charge in [0.25, 0.3) is 5.91 Å². The van der Waals surface area contributed by atoms with Gasteiger partial charge in [-0.1, -0.05) is 0 Å². The Morgan fingerprint density at radius 1 is 1.33 bits per heavy atom. The number of carbonyl (C=O) groups excluding carboxylic acids is 1. The van der Waals surface area contributed by atoms with Gasteiger partial charge in [-0.2, -0.15) is 23.4 Å². The number of aromatic amines is 1. The number of carbonyl (C=O) groups is 1. The molecule has 4 rings (SSSR count). The van der Waals surface area contributed by atoms with E-state index in [4.69, 9.17) is 4.74 Å². The van der Waals surface area contributed by atoms with Crippen molar-refractivity contribution >= 4 is 11.6 Å². The minimum absolute atomic E-state index is 0.0165. The van der Waals surface area contributed by atoms with Gasteiger partial charge in [0.1, 0.15) is 12.0 Å². The van der Waals surface area contributed by atoms with Crippen molar-refractivity contribution in [1.29, 1.82) is 0 Å². The van der Waals surface area contributed by atoms with Gasteiger partial charge in [0, 0.05) is 42.5 Å². The van der Waals surface area contributed by atoms with Crippen molar-refractivity contribution in [1.82, 2.24) is 35.0 Å². The highest BCUT2D eigenvalue weighted by Gasteiger charge is 2.34. The highest BCUT2D eigenvalue weighted by molar-refractivity contribution is 5.95. The lowest BCUT2D eigenvalue weighted by atomic mass is 10.0. The fraction of sp³-hybridized carbons (Fsp3) is 0.524. The summed E-state index contributed by atoms with van der Waals surface area (Å²) in [6, 6.07) is 1.84. The van der Waals surface area contributed by atoms with Gasteiger partial charge in [0.2, 0.25) is 0 Å². The van der Waals surface area contributed by atoms with E-state index in [9.17, 15) is 18.0 Å². The average Bonchev–Trinajstić information content (AvgIpc) is 3.39. The van der Waals surface area contributed by atoms with Crippen LogP contribution in [0.2, 0.25) is 0 Å². The van der Waals surface area contributed by atoms with E-state index in [1.807, 2.05) is 0 Å². The number of aromatic nitrogens is 5. The van der Waals surface area contributed by atoms with Crippen LogP contribution in [-0.4, -0.2) is 74.1 Å². The highest BCUT2D eigenvalue weighted by Crippen LogP contribution is 2.33. The molecule has 0 radical (unpaired) electrons. The molecular weight excluding hydrogens is 439 g/mol. The molecule has 33 heavy (non-hydrogen) atoms. The number of nitrogens with zero attached hydrogens (tertiary/aromatic N) is 5. The Labute approximate surface area is 188 Å². The molecule has 9 nitrogen and oxygen atoms in total. The Bertz CT molecular complexity index is 1130. The smallest absolute Gasteiger partial charge is 0.393 e. The van der Waals surface area contributed by atoms with E-state index in [-0.39, 0.29) is 23.0 Å². The fourth-order valence-electron chi connectivity index (χ4n) is 4.16. The van der Waals surface area contributed by atoms with Gasteiger partial charge in [-0.15, -0.1) is 0 Å². The Morgan fingerprint density at radius 3 is 2.70 bits per heavy atom. The SMILES string of the molecule is COc1cc(-c2n[nH]c(C(=O)NC3CCN(C(C)C)CC3)c2CC(F)(F)F)cn2ncnc12. The van der Waals surface area contributed by atoms with Gasteiger partial charge in [0.05, 0.1) is 19.2 Å². The summed E-state index contributed by atoms with van der Waals surface area (Å²) in [5.41, 5.74) is 0.347. The zero-order valence-electron chi connectivity index (χ0n) is 18.6. The topological polar surface area (TPSA) is 100 Å². The van der Waals surface area contributed by atoms with Gasteiger partial charge in [-0.25, -0.2) is 9.50 Å². The zero-order chi connectivity index (χ0) is 23.8. The van der Waals surface area contributed by atoms with Crippen LogP contribution in [0.4, 0.5) is 13.2 Å². The summed E-state index contributed by atoms with van der Waals surface area (Å²) < 4.78 is 47.1. The number of methoxy groups -OCH3 is 1. The number of hydrogen-bond acceptors (Lipinski definition) is 6. The maximum absolute atomic E-state index is 13.5. The van der Waals surface area contributed by atoms with Gasteiger partial charge in [0.15, 0.2) is 11.4 Å². The Kier molecular flexibility index (Phi) is 6.28. The molecule has 0 atom stereocenters. The number of nitrogens with one attached hydrogen (secondary N) is 2. The van der Waals surface area contributed by atoms with Crippen molar-refractivity contribution in [2.75, 3.05) is 20.2 Å². The summed E-state index contributed by atoms with van der Waals surface area (Å²) in [4.78, 5) is 19.3. The molecule has 1 aliphatic rings. The molecule has 1 saturated heterocycles. The predicted octanol–water partition coefficient (Wildman–Crippen LogP) is 2.84. The van der Waals surface area contributed by atoms with E-state index < -0.39 is 18.5 Å². The lowest BCUT2D eigenvalue weighted by Crippen LogP contribution is -2.46. The van der Waals surface area contributed by atoms with Gasteiger partial charge in [-0.3, -0.25) is 9.89 Å². The third-order valence-corrected chi connectivity index (χ3v) is 5.90. The fourth-order valence-corrected chi connectivity index (χ4v) is 4.16. The van der Waals surface area contributed by atoms with Crippen LogP contribution >= 0.6 is 0 Å². The first kappa shape index (κ1) is 23.0. The number of likely N-dealkylation sites (tertiary alicyclic amines) is 1. The number of piperidine rings is 1. The largest absolute Gasteiger partial charge is 0.493 e. The summed E-state index contributed by atoms with van der Waals surface area (Å²) in [6.07, 6.45) is -1.54. The number of halogens is 3. The van der Waals surface area contributed by atoms with Crippen molar-refractivity contribution < 1.29 is 22.7 Å². The molecule has 2 N–H and O–H groups in total. The molecule has 0 aliphatic carbocycles. The Balaban J connectivity index is 1.64. The van der Waals surface area contributed by atoms with E-state index in [0.717, 1.165) is 25.9 Å². The standard InChI is InChI=1S/C21H26F3N7O2/c1-12(2)30-6-4-14(5-7-30)27-20(32)18-15(9-21(22,23)24)17(28-29-18)13-8-16(33-3)19-25-11-26-31(19)10-13/h8,10-12,14H,4-7,9H2,1-3H3,(H,27,32)(H,28,29). The van der Waals surface area contributed by atoms with Crippen molar-refractivity contribution in [3.8, 4) is 17.0 Å². The quantitative estimate of drug-likeness (QED) is 0.581. The molecule has 3 aromatic heterocycles. The number of rotatable bonds is 6. The van der Waals surface area contributed by atoms with Crippen molar-refractivity contribution in [3.63, 3.8) is 0 Å². The minimum atomic E-state index is -4.53. The molecule has 3 aromatic rings. The van der Waals surface area contributed by atoms with Gasteiger partial charge >= 0.3 is 6.18 Å². The second-order valence-electron chi connectivity index (χ2n) is 8.42. The number of alkyl halides is 3. The van der Waals surface area contributed by atoms with E-state index in [1.165, 1.54) is 30.2 Å². The molecule has 0 unspecified atom stereocenters. The normalized spacial score (nSPS) is 16.0. The maximum Gasteiger partial charge on any atom is 0.393 e. The molecule has 1 fully saturated rings. The average molecular weight is 465 g/mol. The molecular formula is C21H26F3N7O2. The summed E-state index contributed by atoms with van der Waals surface area (Å²) in [6.45, 7) is 5.87.